The van der Waals surface area contributed by atoms with E-state index in [2.05, 4.69) is 31.1 Å². The molecule has 0 saturated carbocycles. The summed E-state index contributed by atoms with van der Waals surface area (Å²) in [7, 11) is 0. The van der Waals surface area contributed by atoms with Crippen molar-refractivity contribution in [2.75, 3.05) is 29.1 Å². The Kier molecular flexibility index (Phi) is 5.17. The second-order valence-electron chi connectivity index (χ2n) is 5.56. The molecule has 2 heterocycles. The molecule has 8 heteroatoms. The number of carbonyl (C=O) groups excluding carboxylic acids is 1. The Balaban J connectivity index is 1.58. The van der Waals surface area contributed by atoms with Gasteiger partial charge in [-0.3, -0.25) is 4.79 Å². The maximum atomic E-state index is 11.0. The molecule has 1 atom stereocenters. The van der Waals surface area contributed by atoms with Gasteiger partial charge >= 0.3 is 0 Å². The van der Waals surface area contributed by atoms with Gasteiger partial charge in [-0.05, 0) is 37.1 Å². The first-order valence-electron chi connectivity index (χ1n) is 7.89. The van der Waals surface area contributed by atoms with Gasteiger partial charge in [0.2, 0.25) is 11.9 Å². The van der Waals surface area contributed by atoms with E-state index >= 15 is 0 Å². The second-order valence-corrected chi connectivity index (χ2v) is 5.56. The summed E-state index contributed by atoms with van der Waals surface area (Å²) in [4.78, 5) is 15.4. The lowest BCUT2D eigenvalue weighted by molar-refractivity contribution is -0.114. The van der Waals surface area contributed by atoms with E-state index in [1.54, 1.807) is 6.20 Å². The van der Waals surface area contributed by atoms with Crippen molar-refractivity contribution in [2.24, 2.45) is 0 Å². The lowest BCUT2D eigenvalue weighted by Gasteiger charge is -2.11. The fourth-order valence-electron chi connectivity index (χ4n) is 2.44. The highest BCUT2D eigenvalue weighted by Gasteiger charge is 2.15. The first-order chi connectivity index (χ1) is 11.7. The Hall–Kier alpha value is -2.74. The third-order valence-electron chi connectivity index (χ3n) is 3.55. The Morgan fingerprint density at radius 1 is 1.29 bits per heavy atom. The highest BCUT2D eigenvalue weighted by molar-refractivity contribution is 5.88. The number of anilines is 4. The van der Waals surface area contributed by atoms with Crippen LogP contribution in [0.4, 0.5) is 23.1 Å². The Morgan fingerprint density at radius 2 is 2.08 bits per heavy atom. The maximum Gasteiger partial charge on any atom is 0.244 e. The predicted molar refractivity (Wildman–Crippen MR) is 91.3 cm³/mol. The minimum atomic E-state index is -0.0994. The molecule has 126 valence electrons. The van der Waals surface area contributed by atoms with Crippen LogP contribution in [0.25, 0.3) is 0 Å². The van der Waals surface area contributed by atoms with E-state index in [0.717, 1.165) is 30.8 Å². The van der Waals surface area contributed by atoms with Gasteiger partial charge in [-0.1, -0.05) is 0 Å². The molecule has 2 aromatic rings. The average Bonchev–Trinajstić information content (AvgIpc) is 3.08. The van der Waals surface area contributed by atoms with Crippen LogP contribution in [0.5, 0.6) is 0 Å². The van der Waals surface area contributed by atoms with Gasteiger partial charge in [0.25, 0.3) is 0 Å². The van der Waals surface area contributed by atoms with Crippen molar-refractivity contribution < 1.29 is 9.53 Å². The average molecular weight is 328 g/mol. The van der Waals surface area contributed by atoms with Crippen molar-refractivity contribution in [3.05, 3.63) is 30.5 Å². The van der Waals surface area contributed by atoms with Gasteiger partial charge in [-0.25, -0.2) is 0 Å². The third kappa shape index (κ3) is 4.63. The van der Waals surface area contributed by atoms with Crippen molar-refractivity contribution in [2.45, 2.75) is 25.9 Å². The van der Waals surface area contributed by atoms with E-state index in [4.69, 9.17) is 4.74 Å². The Labute approximate surface area is 140 Å². The third-order valence-corrected chi connectivity index (χ3v) is 3.55. The van der Waals surface area contributed by atoms with E-state index in [-0.39, 0.29) is 12.0 Å². The molecule has 0 aliphatic carbocycles. The number of nitrogens with one attached hydrogen (secondary N) is 3. The highest BCUT2D eigenvalue weighted by atomic mass is 16.5. The summed E-state index contributed by atoms with van der Waals surface area (Å²) in [5.74, 6) is 0.954. The van der Waals surface area contributed by atoms with Gasteiger partial charge in [0, 0.05) is 31.5 Å². The molecule has 3 rings (SSSR count). The topological polar surface area (TPSA) is 101 Å². The molecule has 1 aliphatic rings. The van der Waals surface area contributed by atoms with Crippen LogP contribution in [-0.4, -0.2) is 40.3 Å². The summed E-state index contributed by atoms with van der Waals surface area (Å²) in [5.41, 5.74) is 1.59. The SMILES string of the molecule is CC(=O)Nc1ccc(Nc2cnnc(NCC3CCCO3)n2)cc1. The zero-order chi connectivity index (χ0) is 16.8. The zero-order valence-electron chi connectivity index (χ0n) is 13.5. The zero-order valence-corrected chi connectivity index (χ0v) is 13.5. The lowest BCUT2D eigenvalue weighted by atomic mass is 10.2. The van der Waals surface area contributed by atoms with Gasteiger partial charge in [0.1, 0.15) is 0 Å². The van der Waals surface area contributed by atoms with E-state index in [1.807, 2.05) is 24.3 Å². The van der Waals surface area contributed by atoms with E-state index in [1.165, 1.54) is 6.92 Å². The molecule has 0 spiro atoms. The van der Waals surface area contributed by atoms with Gasteiger partial charge in [-0.2, -0.15) is 10.1 Å². The summed E-state index contributed by atoms with van der Waals surface area (Å²) >= 11 is 0. The molecule has 1 unspecified atom stereocenters. The summed E-state index contributed by atoms with van der Waals surface area (Å²) < 4.78 is 5.56. The largest absolute Gasteiger partial charge is 0.376 e. The molecule has 0 bridgehead atoms. The fourth-order valence-corrected chi connectivity index (χ4v) is 2.44. The monoisotopic (exact) mass is 328 g/mol. The van der Waals surface area contributed by atoms with Gasteiger partial charge in [0.05, 0.1) is 12.3 Å². The summed E-state index contributed by atoms with van der Waals surface area (Å²) in [6, 6.07) is 7.34. The molecule has 1 aromatic carbocycles. The minimum Gasteiger partial charge on any atom is -0.376 e. The fraction of sp³-hybridized carbons (Fsp3) is 0.375. The highest BCUT2D eigenvalue weighted by Crippen LogP contribution is 2.18. The molecule has 1 amide bonds. The standard InChI is InChI=1S/C16H20N6O2/c1-11(23)19-12-4-6-13(7-5-12)20-15-10-18-22-16(21-15)17-9-14-3-2-8-24-14/h4-7,10,14H,2-3,8-9H2,1H3,(H,19,23)(H2,17,20,21,22). The first kappa shape index (κ1) is 16.1. The Morgan fingerprint density at radius 3 is 2.79 bits per heavy atom. The molecule has 1 aliphatic heterocycles. The van der Waals surface area contributed by atoms with Gasteiger partial charge in [0.15, 0.2) is 5.82 Å². The van der Waals surface area contributed by atoms with Crippen LogP contribution < -0.4 is 16.0 Å². The quantitative estimate of drug-likeness (QED) is 0.747. The molecule has 3 N–H and O–H groups in total. The normalized spacial score (nSPS) is 16.6. The molecule has 8 nitrogen and oxygen atoms in total. The van der Waals surface area contributed by atoms with Crippen molar-refractivity contribution in [1.29, 1.82) is 0 Å². The van der Waals surface area contributed by atoms with Crippen LogP contribution in [0.1, 0.15) is 19.8 Å². The minimum absolute atomic E-state index is 0.0994. The van der Waals surface area contributed by atoms with Crippen molar-refractivity contribution in [3.63, 3.8) is 0 Å². The second kappa shape index (κ2) is 7.69. The maximum absolute atomic E-state index is 11.0. The van der Waals surface area contributed by atoms with E-state index in [0.29, 0.717) is 18.3 Å². The predicted octanol–water partition coefficient (Wildman–Crippen LogP) is 2.16. The summed E-state index contributed by atoms with van der Waals surface area (Å²) in [6.07, 6.45) is 3.92. The number of hydrogen-bond donors (Lipinski definition) is 3. The van der Waals surface area contributed by atoms with Crippen molar-refractivity contribution in [1.82, 2.24) is 15.2 Å². The number of rotatable bonds is 6. The number of benzene rings is 1. The smallest absolute Gasteiger partial charge is 0.244 e. The van der Waals surface area contributed by atoms with Crippen molar-refractivity contribution in [3.8, 4) is 0 Å². The number of hydrogen-bond acceptors (Lipinski definition) is 7. The molecule has 1 aromatic heterocycles. The van der Waals surface area contributed by atoms with E-state index < -0.39 is 0 Å². The number of nitrogens with zero attached hydrogens (tertiary/aromatic N) is 3. The summed E-state index contributed by atoms with van der Waals surface area (Å²) in [5, 5.41) is 16.9. The molecule has 1 fully saturated rings. The molecule has 24 heavy (non-hydrogen) atoms. The van der Waals surface area contributed by atoms with Gasteiger partial charge < -0.3 is 20.7 Å². The van der Waals surface area contributed by atoms with Gasteiger partial charge in [-0.15, -0.1) is 5.10 Å². The van der Waals surface area contributed by atoms with Crippen molar-refractivity contribution >= 4 is 29.0 Å². The van der Waals surface area contributed by atoms with Crippen LogP contribution in [0.3, 0.4) is 0 Å². The first-order valence-corrected chi connectivity index (χ1v) is 7.89. The molecule has 0 radical (unpaired) electrons. The molecular formula is C16H20N6O2. The number of amides is 1. The van der Waals surface area contributed by atoms with E-state index in [9.17, 15) is 4.79 Å². The summed E-state index contributed by atoms with van der Waals surface area (Å²) in [6.45, 7) is 2.97. The number of ether oxygens (including phenoxy) is 1. The number of aromatic nitrogens is 3. The lowest BCUT2D eigenvalue weighted by Crippen LogP contribution is -2.20. The van der Waals surface area contributed by atoms with Crippen LogP contribution >= 0.6 is 0 Å². The Bertz CT molecular complexity index is 685. The van der Waals surface area contributed by atoms with Crippen LogP contribution in [0.15, 0.2) is 30.5 Å². The molecular weight excluding hydrogens is 308 g/mol. The van der Waals surface area contributed by atoms with Crippen LogP contribution in [0, 0.1) is 0 Å². The molecule has 1 saturated heterocycles. The van der Waals surface area contributed by atoms with Crippen LogP contribution in [0.2, 0.25) is 0 Å². The van der Waals surface area contributed by atoms with Crippen LogP contribution in [-0.2, 0) is 9.53 Å². The number of carbonyl (C=O) groups is 1.